The van der Waals surface area contributed by atoms with Gasteiger partial charge in [0.05, 0.1) is 5.69 Å². The van der Waals surface area contributed by atoms with Crippen LogP contribution in [0.25, 0.3) is 0 Å². The lowest BCUT2D eigenvalue weighted by atomic mass is 10.1. The van der Waals surface area contributed by atoms with Crippen LogP contribution < -0.4 is 10.2 Å². The number of rotatable bonds is 3. The molecule has 2 heterocycles. The smallest absolute Gasteiger partial charge is 0.227 e. The van der Waals surface area contributed by atoms with E-state index in [-0.39, 0.29) is 0 Å². The van der Waals surface area contributed by atoms with Crippen LogP contribution in [0.5, 0.6) is 0 Å². The first-order valence-corrected chi connectivity index (χ1v) is 6.52. The third-order valence-corrected chi connectivity index (χ3v) is 3.22. The number of nitrogens with zero attached hydrogens (tertiary/aromatic N) is 3. The molecule has 0 aliphatic carbocycles. The Morgan fingerprint density at radius 2 is 1.88 bits per heavy atom. The molecule has 0 bridgehead atoms. The number of hydrogen-bond acceptors (Lipinski definition) is 4. The lowest BCUT2D eigenvalue weighted by molar-refractivity contribution is 0.566. The summed E-state index contributed by atoms with van der Waals surface area (Å²) in [6, 6.07) is 2.04. The Morgan fingerprint density at radius 1 is 1.18 bits per heavy atom. The monoisotopic (exact) mass is 234 g/mol. The number of nitrogens with one attached hydrogen (secondary N) is 1. The van der Waals surface area contributed by atoms with Crippen LogP contribution in [0.1, 0.15) is 44.7 Å². The minimum absolute atomic E-state index is 0.439. The Balaban J connectivity index is 2.28. The van der Waals surface area contributed by atoms with E-state index in [1.165, 1.54) is 19.3 Å². The van der Waals surface area contributed by atoms with Gasteiger partial charge < -0.3 is 10.2 Å². The van der Waals surface area contributed by atoms with E-state index in [0.29, 0.717) is 5.92 Å². The maximum Gasteiger partial charge on any atom is 0.227 e. The molecule has 0 spiro atoms. The number of aromatic nitrogens is 2. The summed E-state index contributed by atoms with van der Waals surface area (Å²) in [5.41, 5.74) is 1.12. The van der Waals surface area contributed by atoms with Gasteiger partial charge in [0.1, 0.15) is 5.82 Å². The summed E-state index contributed by atoms with van der Waals surface area (Å²) in [6.45, 7) is 6.51. The maximum absolute atomic E-state index is 4.68. The molecule has 0 radical (unpaired) electrons. The van der Waals surface area contributed by atoms with Gasteiger partial charge in [-0.25, -0.2) is 4.98 Å². The van der Waals surface area contributed by atoms with E-state index in [2.05, 4.69) is 34.0 Å². The van der Waals surface area contributed by atoms with Gasteiger partial charge in [0.15, 0.2) is 0 Å². The third-order valence-electron chi connectivity index (χ3n) is 3.22. The molecule has 0 aromatic carbocycles. The SMILES string of the molecule is CNc1cc(C(C)C)nc(N2CCCCC2)n1. The van der Waals surface area contributed by atoms with E-state index >= 15 is 0 Å². The number of anilines is 2. The minimum atomic E-state index is 0.439. The molecule has 94 valence electrons. The second kappa shape index (κ2) is 5.34. The summed E-state index contributed by atoms with van der Waals surface area (Å²) >= 11 is 0. The zero-order valence-corrected chi connectivity index (χ0v) is 11.0. The molecule has 1 N–H and O–H groups in total. The summed E-state index contributed by atoms with van der Waals surface area (Å²) in [5, 5.41) is 3.12. The molecule has 0 amide bonds. The van der Waals surface area contributed by atoms with Gasteiger partial charge in [-0.15, -0.1) is 0 Å². The second-order valence-corrected chi connectivity index (χ2v) is 4.93. The van der Waals surface area contributed by atoms with Gasteiger partial charge in [0.25, 0.3) is 0 Å². The molecular weight excluding hydrogens is 212 g/mol. The average Bonchev–Trinajstić information content (AvgIpc) is 2.39. The van der Waals surface area contributed by atoms with Crippen molar-refractivity contribution in [2.45, 2.75) is 39.0 Å². The highest BCUT2D eigenvalue weighted by Crippen LogP contribution is 2.21. The lowest BCUT2D eigenvalue weighted by Gasteiger charge is -2.27. The van der Waals surface area contributed by atoms with E-state index in [1.807, 2.05) is 13.1 Å². The summed E-state index contributed by atoms with van der Waals surface area (Å²) in [5.74, 6) is 2.25. The van der Waals surface area contributed by atoms with Crippen LogP contribution in [-0.2, 0) is 0 Å². The van der Waals surface area contributed by atoms with Gasteiger partial charge in [-0.3, -0.25) is 0 Å². The van der Waals surface area contributed by atoms with Gasteiger partial charge in [0.2, 0.25) is 5.95 Å². The van der Waals surface area contributed by atoms with Crippen LogP contribution >= 0.6 is 0 Å². The van der Waals surface area contributed by atoms with Crippen LogP contribution in [0.4, 0.5) is 11.8 Å². The minimum Gasteiger partial charge on any atom is -0.373 e. The molecule has 1 saturated heterocycles. The number of hydrogen-bond donors (Lipinski definition) is 1. The Kier molecular flexibility index (Phi) is 3.82. The molecule has 1 aliphatic rings. The third kappa shape index (κ3) is 2.87. The number of piperidine rings is 1. The quantitative estimate of drug-likeness (QED) is 0.873. The Labute approximate surface area is 103 Å². The predicted octanol–water partition coefficient (Wildman–Crippen LogP) is 2.63. The summed E-state index contributed by atoms with van der Waals surface area (Å²) in [7, 11) is 1.91. The standard InChI is InChI=1S/C13H22N4/c1-10(2)11-9-12(14-3)16-13(15-11)17-7-5-4-6-8-17/h9-10H,4-8H2,1-3H3,(H,14,15,16). The topological polar surface area (TPSA) is 41.1 Å². The fourth-order valence-corrected chi connectivity index (χ4v) is 2.11. The van der Waals surface area contributed by atoms with Crippen molar-refractivity contribution in [2.24, 2.45) is 0 Å². The molecule has 0 unspecified atom stereocenters. The summed E-state index contributed by atoms with van der Waals surface area (Å²) in [4.78, 5) is 11.5. The van der Waals surface area contributed by atoms with Gasteiger partial charge >= 0.3 is 0 Å². The molecule has 0 atom stereocenters. The molecular formula is C13H22N4. The van der Waals surface area contributed by atoms with E-state index < -0.39 is 0 Å². The predicted molar refractivity (Wildman–Crippen MR) is 71.7 cm³/mol. The molecule has 1 aromatic rings. The first kappa shape index (κ1) is 12.1. The van der Waals surface area contributed by atoms with Crippen LogP contribution in [-0.4, -0.2) is 30.1 Å². The zero-order chi connectivity index (χ0) is 12.3. The molecule has 4 heteroatoms. The molecule has 4 nitrogen and oxygen atoms in total. The van der Waals surface area contributed by atoms with Crippen molar-refractivity contribution in [3.8, 4) is 0 Å². The highest BCUT2D eigenvalue weighted by Gasteiger charge is 2.15. The Morgan fingerprint density at radius 3 is 2.47 bits per heavy atom. The summed E-state index contributed by atoms with van der Waals surface area (Å²) in [6.07, 6.45) is 3.84. The van der Waals surface area contributed by atoms with E-state index in [9.17, 15) is 0 Å². The van der Waals surface area contributed by atoms with Crippen LogP contribution in [0.3, 0.4) is 0 Å². The maximum atomic E-state index is 4.68. The van der Waals surface area contributed by atoms with Crippen molar-refractivity contribution in [3.05, 3.63) is 11.8 Å². The van der Waals surface area contributed by atoms with Gasteiger partial charge in [-0.2, -0.15) is 4.98 Å². The molecule has 1 aromatic heterocycles. The van der Waals surface area contributed by atoms with Crippen molar-refractivity contribution in [1.82, 2.24) is 9.97 Å². The Hall–Kier alpha value is -1.32. The van der Waals surface area contributed by atoms with Crippen molar-refractivity contribution >= 4 is 11.8 Å². The van der Waals surface area contributed by atoms with Gasteiger partial charge in [-0.1, -0.05) is 13.8 Å². The first-order chi connectivity index (χ1) is 8.20. The van der Waals surface area contributed by atoms with Gasteiger partial charge in [-0.05, 0) is 25.2 Å². The zero-order valence-electron chi connectivity index (χ0n) is 11.0. The van der Waals surface area contributed by atoms with Crippen LogP contribution in [0, 0.1) is 0 Å². The van der Waals surface area contributed by atoms with Crippen molar-refractivity contribution in [2.75, 3.05) is 30.4 Å². The van der Waals surface area contributed by atoms with Crippen molar-refractivity contribution in [1.29, 1.82) is 0 Å². The second-order valence-electron chi connectivity index (χ2n) is 4.93. The molecule has 17 heavy (non-hydrogen) atoms. The van der Waals surface area contributed by atoms with E-state index in [0.717, 1.165) is 30.5 Å². The van der Waals surface area contributed by atoms with E-state index in [1.54, 1.807) is 0 Å². The molecule has 0 saturated carbocycles. The van der Waals surface area contributed by atoms with Crippen LogP contribution in [0.15, 0.2) is 6.07 Å². The van der Waals surface area contributed by atoms with Crippen molar-refractivity contribution < 1.29 is 0 Å². The summed E-state index contributed by atoms with van der Waals surface area (Å²) < 4.78 is 0. The van der Waals surface area contributed by atoms with Gasteiger partial charge in [0, 0.05) is 26.2 Å². The molecule has 2 rings (SSSR count). The Bertz CT molecular complexity index is 370. The largest absolute Gasteiger partial charge is 0.373 e. The molecule has 1 aliphatic heterocycles. The van der Waals surface area contributed by atoms with Crippen LogP contribution in [0.2, 0.25) is 0 Å². The van der Waals surface area contributed by atoms with E-state index in [4.69, 9.17) is 0 Å². The fourth-order valence-electron chi connectivity index (χ4n) is 2.11. The highest BCUT2D eigenvalue weighted by atomic mass is 15.3. The lowest BCUT2D eigenvalue weighted by Crippen LogP contribution is -2.31. The normalized spacial score (nSPS) is 16.4. The fraction of sp³-hybridized carbons (Fsp3) is 0.692. The first-order valence-electron chi connectivity index (χ1n) is 6.52. The molecule has 1 fully saturated rings. The average molecular weight is 234 g/mol. The highest BCUT2D eigenvalue weighted by molar-refractivity contribution is 5.44. The van der Waals surface area contributed by atoms with Crippen molar-refractivity contribution in [3.63, 3.8) is 0 Å².